The summed E-state index contributed by atoms with van der Waals surface area (Å²) in [6, 6.07) is 158. The second-order valence-electron chi connectivity index (χ2n) is 33.1. The Hall–Kier alpha value is -13.9. The molecule has 0 aliphatic heterocycles. The molecule has 2 fully saturated rings. The number of hydrogen-bond acceptors (Lipinski definition) is 10. The van der Waals surface area contributed by atoms with Crippen molar-refractivity contribution in [3.05, 3.63) is 535 Å². The van der Waals surface area contributed by atoms with Gasteiger partial charge in [0.1, 0.15) is 11.4 Å². The number of nitrogens with one attached hydrogen (secondary N) is 2. The third kappa shape index (κ3) is 28.8. The number of benzene rings is 14. The van der Waals surface area contributed by atoms with Crippen LogP contribution in [0.5, 0.6) is 0 Å². The summed E-state index contributed by atoms with van der Waals surface area (Å²) in [6.07, 6.45) is 14.0. The van der Waals surface area contributed by atoms with Gasteiger partial charge in [-0.25, -0.2) is 9.03 Å². The van der Waals surface area contributed by atoms with E-state index in [1.54, 1.807) is 77.4 Å². The molecule has 2 aliphatic rings. The van der Waals surface area contributed by atoms with Gasteiger partial charge in [0, 0.05) is 121 Å². The van der Waals surface area contributed by atoms with Crippen molar-refractivity contribution in [1.29, 1.82) is 0 Å². The van der Waals surface area contributed by atoms with Crippen molar-refractivity contribution >= 4 is 193 Å². The van der Waals surface area contributed by atoms with E-state index in [1.807, 2.05) is 64.4 Å². The minimum Gasteiger partial charge on any atom is -0.423 e. The zero-order valence-electron chi connectivity index (χ0n) is 79.2. The second kappa shape index (κ2) is 53.6. The van der Waals surface area contributed by atoms with E-state index >= 15 is 0 Å². The third-order valence-electron chi connectivity index (χ3n) is 23.2. The van der Waals surface area contributed by atoms with Crippen LogP contribution in [-0.2, 0) is 20.4 Å². The Bertz CT molecular complexity index is 6610. The average Bonchev–Trinajstić information content (AvgIpc) is 1.63. The standard InChI is InChI=1S/C24H20ClN5O2.4C18H15P.C17H13BrClN3O.C7H9BN2O3.Pd/c1-26-23(31)21-9-2-16(13-27-21)20-14-28-29-11-10-15(12-22(20)29)24(32)30(19-7-8-19)18-5-3-17(25)4-6-18;4*1-4-10-16(11-5-1)19(17-12-6-2-7-13-17)18-14-8-3-9-15-18;18-15-10-20-21-8-7-11(9-16(15)21)17(23)22(14-5-6-14)13-3-1-12(19)2-4-13;1-9-7(11)6-3-2-5(4-10-6)8(12)13;/h2-6,9-14,19H,7-8H2,1H3,(H,26,31);4*1-15H;1-4,7-10,14H,5-6H2;2-4,12-13H,1H3,(H,9,11);. The number of hydrogen-bond donors (Lipinski definition) is 4. The summed E-state index contributed by atoms with van der Waals surface area (Å²) in [5, 5.41) is 49.1. The van der Waals surface area contributed by atoms with Crippen LogP contribution in [0, 0.1) is 0 Å². The van der Waals surface area contributed by atoms with Crippen molar-refractivity contribution in [3.8, 4) is 11.1 Å². The summed E-state index contributed by atoms with van der Waals surface area (Å²) in [7, 11) is -0.269. The van der Waals surface area contributed by atoms with Crippen LogP contribution in [0.25, 0.3) is 22.2 Å². The zero-order valence-corrected chi connectivity index (χ0v) is 87.5. The second-order valence-corrected chi connectivity index (χ2v) is 43.7. The molecule has 6 heterocycles. The first-order chi connectivity index (χ1) is 70.6. The Balaban J connectivity index is 0.000000129. The van der Waals surface area contributed by atoms with E-state index in [9.17, 15) is 19.2 Å². The Labute approximate surface area is 883 Å². The Morgan fingerprint density at radius 3 is 0.828 bits per heavy atom. The molecule has 145 heavy (non-hydrogen) atoms. The number of rotatable bonds is 22. The van der Waals surface area contributed by atoms with Crippen LogP contribution in [0.3, 0.4) is 0 Å². The molecule has 22 rings (SSSR count). The van der Waals surface area contributed by atoms with E-state index < -0.39 is 38.8 Å². The predicted molar refractivity (Wildman–Crippen MR) is 605 cm³/mol. The molecule has 0 unspecified atom stereocenters. The van der Waals surface area contributed by atoms with Gasteiger partial charge in [-0.15, -0.1) is 0 Å². The minimum absolute atomic E-state index is 0. The summed E-state index contributed by atoms with van der Waals surface area (Å²) in [6.45, 7) is 0. The van der Waals surface area contributed by atoms with E-state index in [0.29, 0.717) is 26.9 Å². The summed E-state index contributed by atoms with van der Waals surface area (Å²) in [4.78, 5) is 61.0. The molecular formula is C120H102BBrCl2N10O6P4Pd. The smallest absolute Gasteiger partial charge is 0.423 e. The van der Waals surface area contributed by atoms with Crippen LogP contribution in [0.2, 0.25) is 10.0 Å². The Kier molecular flexibility index (Phi) is 38.9. The number of carbonyl (C=O) groups is 4. The van der Waals surface area contributed by atoms with E-state index in [-0.39, 0.29) is 67.3 Å². The van der Waals surface area contributed by atoms with Gasteiger partial charge in [0.05, 0.1) is 27.9 Å². The molecule has 4 N–H and O–H groups in total. The van der Waals surface area contributed by atoms with E-state index in [1.165, 1.54) is 89.0 Å². The number of anilines is 2. The molecule has 0 saturated heterocycles. The molecule has 722 valence electrons. The minimum atomic E-state index is -1.55. The number of fused-ring (bicyclic) bond motifs is 2. The number of halogens is 3. The summed E-state index contributed by atoms with van der Waals surface area (Å²) in [5.41, 5.74) is 7.11. The fourth-order valence-electron chi connectivity index (χ4n) is 15.9. The van der Waals surface area contributed by atoms with Gasteiger partial charge in [-0.05, 0) is 222 Å². The Morgan fingerprint density at radius 1 is 0.331 bits per heavy atom. The van der Waals surface area contributed by atoms with Crippen LogP contribution >= 0.6 is 70.8 Å². The van der Waals surface area contributed by atoms with Crippen LogP contribution in [0.4, 0.5) is 11.4 Å². The van der Waals surface area contributed by atoms with Gasteiger partial charge in [-0.1, -0.05) is 399 Å². The SMILES string of the molecule is CNC(=O)c1ccc(-c2cnn3ccc(C(=O)N(c4ccc(Cl)cc4)C4CC4)cc23)cn1.CNC(=O)c1ccc(B(O)O)cn1.O=C(c1ccn2ncc(Br)c2c1)N(c1ccc(Cl)cc1)C1CC1.[Pd].c1ccc(P(c2ccccc2)c2ccccc2)cc1.c1ccc(P(c2ccccc2)c2ccccc2)cc1.c1ccc(P(c2ccccc2)c2ccccc2)cc1.c1ccc(P(c2ccccc2)c2ccccc2)cc1. The number of amides is 4. The number of nitrogens with zero attached hydrogens (tertiary/aromatic N) is 8. The fraction of sp³-hybridized carbons (Fsp3) is 0.0667. The maximum absolute atomic E-state index is 13.5. The predicted octanol–water partition coefficient (Wildman–Crippen LogP) is 20.7. The summed E-state index contributed by atoms with van der Waals surface area (Å²) in [5.74, 6) is -0.603. The van der Waals surface area contributed by atoms with Crippen LogP contribution in [0.15, 0.2) is 503 Å². The summed E-state index contributed by atoms with van der Waals surface area (Å²) < 4.78 is 4.34. The monoisotopic (exact) mass is 2170 g/mol. The van der Waals surface area contributed by atoms with E-state index in [2.05, 4.69) is 411 Å². The number of pyridine rings is 4. The van der Waals surface area contributed by atoms with Crippen LogP contribution in [0.1, 0.15) is 67.4 Å². The Morgan fingerprint density at radius 2 is 0.586 bits per heavy atom. The first kappa shape index (κ1) is 105. The van der Waals surface area contributed by atoms with Gasteiger partial charge in [-0.2, -0.15) is 10.2 Å². The molecular weight excluding hydrogens is 2070 g/mol. The van der Waals surface area contributed by atoms with Crippen molar-refractivity contribution in [3.63, 3.8) is 0 Å². The van der Waals surface area contributed by atoms with Gasteiger partial charge in [0.25, 0.3) is 23.6 Å². The molecule has 16 nitrogen and oxygen atoms in total. The molecule has 14 aromatic carbocycles. The number of aromatic nitrogens is 6. The topological polar surface area (TPSA) is 200 Å². The third-order valence-corrected chi connectivity index (χ3v) is 34.1. The first-order valence-electron chi connectivity index (χ1n) is 47.0. The van der Waals surface area contributed by atoms with Crippen molar-refractivity contribution < 1.29 is 49.6 Å². The van der Waals surface area contributed by atoms with E-state index in [0.717, 1.165) is 63.7 Å². The van der Waals surface area contributed by atoms with Crippen LogP contribution in [-0.4, -0.2) is 96.2 Å². The average molecular weight is 2170 g/mol. The maximum Gasteiger partial charge on any atom is 0.490 e. The molecule has 2 saturated carbocycles. The number of carbonyl (C=O) groups excluding carboxylic acids is 4. The van der Waals surface area contributed by atoms with Crippen LogP contribution < -0.4 is 89.6 Å². The van der Waals surface area contributed by atoms with Crippen molar-refractivity contribution in [2.45, 2.75) is 37.8 Å². The largest absolute Gasteiger partial charge is 0.490 e. The molecule has 6 aromatic heterocycles. The van der Waals surface area contributed by atoms with Gasteiger partial charge < -0.3 is 30.5 Å². The normalized spacial score (nSPS) is 11.6. The quantitative estimate of drug-likeness (QED) is 0.0374. The molecule has 25 heteroatoms. The summed E-state index contributed by atoms with van der Waals surface area (Å²) >= 11 is 15.5. The van der Waals surface area contributed by atoms with Gasteiger partial charge >= 0.3 is 7.12 Å². The van der Waals surface area contributed by atoms with Crippen molar-refractivity contribution in [1.82, 2.24) is 39.8 Å². The van der Waals surface area contributed by atoms with Gasteiger partial charge in [-0.3, -0.25) is 29.1 Å². The molecule has 0 radical (unpaired) electrons. The van der Waals surface area contributed by atoms with Crippen molar-refractivity contribution in [2.24, 2.45) is 0 Å². The molecule has 0 atom stereocenters. The van der Waals surface area contributed by atoms with Crippen molar-refractivity contribution in [2.75, 3.05) is 23.9 Å². The van der Waals surface area contributed by atoms with Gasteiger partial charge in [0.2, 0.25) is 0 Å². The molecule has 0 spiro atoms. The first-order valence-corrected chi connectivity index (χ1v) is 53.9. The maximum atomic E-state index is 13.5. The zero-order chi connectivity index (χ0) is 99.7. The molecule has 2 aliphatic carbocycles. The molecule has 4 amide bonds. The molecule has 0 bridgehead atoms. The molecule has 20 aromatic rings. The fourth-order valence-corrected chi connectivity index (χ4v) is 25.8. The van der Waals surface area contributed by atoms with Gasteiger partial charge in [0.15, 0.2) is 0 Å². The van der Waals surface area contributed by atoms with E-state index in [4.69, 9.17) is 33.2 Å².